The van der Waals surface area contributed by atoms with Gasteiger partial charge in [0.1, 0.15) is 0 Å². The Kier molecular flexibility index (Phi) is 5.84. The zero-order valence-electron chi connectivity index (χ0n) is 10.4. The maximum Gasteiger partial charge on any atom is 0.306 e. The molecule has 98 valence electrons. The molecular weight excluding hydrogens is 232 g/mol. The molecule has 1 unspecified atom stereocenters. The zero-order chi connectivity index (χ0) is 13.4. The van der Waals surface area contributed by atoms with Crippen molar-refractivity contribution in [1.82, 2.24) is 10.3 Å². The fourth-order valence-electron chi connectivity index (χ4n) is 1.43. The summed E-state index contributed by atoms with van der Waals surface area (Å²) in [7, 11) is 0. The summed E-state index contributed by atoms with van der Waals surface area (Å²) in [5.41, 5.74) is 0.881. The summed E-state index contributed by atoms with van der Waals surface area (Å²) < 4.78 is 0. The molecule has 0 aromatic carbocycles. The molecule has 1 rings (SSSR count). The highest BCUT2D eigenvalue weighted by molar-refractivity contribution is 5.76. The molecule has 0 aliphatic carbocycles. The molecule has 5 nitrogen and oxygen atoms in total. The molecule has 1 aromatic heterocycles. The van der Waals surface area contributed by atoms with Crippen LogP contribution in [0.25, 0.3) is 0 Å². The Hall–Kier alpha value is -1.91. The lowest BCUT2D eigenvalue weighted by atomic mass is 10.1. The average molecular weight is 250 g/mol. The SMILES string of the molecule is CC(CCNC(=O)CCc1ccccn1)C(=O)O. The van der Waals surface area contributed by atoms with Gasteiger partial charge in [0.2, 0.25) is 5.91 Å². The number of nitrogens with zero attached hydrogens (tertiary/aromatic N) is 1. The van der Waals surface area contributed by atoms with Crippen molar-refractivity contribution >= 4 is 11.9 Å². The number of carbonyl (C=O) groups excluding carboxylic acids is 1. The van der Waals surface area contributed by atoms with Crippen LogP contribution in [0.1, 0.15) is 25.5 Å². The van der Waals surface area contributed by atoms with Crippen molar-refractivity contribution in [3.05, 3.63) is 30.1 Å². The van der Waals surface area contributed by atoms with E-state index in [1.165, 1.54) is 0 Å². The third-order valence-electron chi connectivity index (χ3n) is 2.66. The predicted octanol–water partition coefficient (Wildman–Crippen LogP) is 1.24. The van der Waals surface area contributed by atoms with Gasteiger partial charge in [0.15, 0.2) is 0 Å². The van der Waals surface area contributed by atoms with E-state index in [-0.39, 0.29) is 5.91 Å². The first-order chi connectivity index (χ1) is 8.59. The molecule has 1 heterocycles. The quantitative estimate of drug-likeness (QED) is 0.763. The maximum atomic E-state index is 11.5. The van der Waals surface area contributed by atoms with Gasteiger partial charge in [-0.15, -0.1) is 0 Å². The normalized spacial score (nSPS) is 11.8. The molecule has 0 fully saturated rings. The molecule has 1 amide bonds. The number of carboxylic acids is 1. The fourth-order valence-corrected chi connectivity index (χ4v) is 1.43. The van der Waals surface area contributed by atoms with Crippen LogP contribution < -0.4 is 5.32 Å². The first-order valence-electron chi connectivity index (χ1n) is 5.99. The van der Waals surface area contributed by atoms with Crippen LogP contribution in [0.3, 0.4) is 0 Å². The number of carboxylic acid groups (broad SMARTS) is 1. The molecule has 0 bridgehead atoms. The Morgan fingerprint density at radius 3 is 2.83 bits per heavy atom. The van der Waals surface area contributed by atoms with Gasteiger partial charge in [0, 0.05) is 24.9 Å². The summed E-state index contributed by atoms with van der Waals surface area (Å²) >= 11 is 0. The number of carbonyl (C=O) groups is 2. The second-order valence-corrected chi connectivity index (χ2v) is 4.20. The molecule has 0 aliphatic rings. The minimum absolute atomic E-state index is 0.0711. The van der Waals surface area contributed by atoms with Gasteiger partial charge in [-0.05, 0) is 25.0 Å². The molecule has 1 aromatic rings. The number of amides is 1. The number of aryl methyl sites for hydroxylation is 1. The lowest BCUT2D eigenvalue weighted by Gasteiger charge is -2.07. The number of aliphatic carboxylic acids is 1. The molecule has 5 heteroatoms. The predicted molar refractivity (Wildman–Crippen MR) is 67.0 cm³/mol. The van der Waals surface area contributed by atoms with Crippen molar-refractivity contribution in [1.29, 1.82) is 0 Å². The summed E-state index contributed by atoms with van der Waals surface area (Å²) in [6, 6.07) is 5.59. The van der Waals surface area contributed by atoms with E-state index in [0.29, 0.717) is 25.8 Å². The topological polar surface area (TPSA) is 79.3 Å². The average Bonchev–Trinajstić information content (AvgIpc) is 2.37. The van der Waals surface area contributed by atoms with Gasteiger partial charge in [0.05, 0.1) is 5.92 Å². The van der Waals surface area contributed by atoms with Crippen LogP contribution >= 0.6 is 0 Å². The smallest absolute Gasteiger partial charge is 0.306 e. The van der Waals surface area contributed by atoms with Crippen molar-refractivity contribution in [3.63, 3.8) is 0 Å². The van der Waals surface area contributed by atoms with E-state index in [9.17, 15) is 9.59 Å². The lowest BCUT2D eigenvalue weighted by Crippen LogP contribution is -2.27. The van der Waals surface area contributed by atoms with E-state index < -0.39 is 11.9 Å². The summed E-state index contributed by atoms with van der Waals surface area (Å²) in [6.07, 6.45) is 3.12. The second-order valence-electron chi connectivity index (χ2n) is 4.20. The van der Waals surface area contributed by atoms with Gasteiger partial charge in [-0.3, -0.25) is 14.6 Å². The van der Waals surface area contributed by atoms with Crippen LogP contribution in [0, 0.1) is 5.92 Å². The monoisotopic (exact) mass is 250 g/mol. The second kappa shape index (κ2) is 7.42. The molecule has 2 N–H and O–H groups in total. The van der Waals surface area contributed by atoms with Crippen LogP contribution in [-0.4, -0.2) is 28.5 Å². The maximum absolute atomic E-state index is 11.5. The van der Waals surface area contributed by atoms with Gasteiger partial charge in [0.25, 0.3) is 0 Å². The third kappa shape index (κ3) is 5.43. The summed E-state index contributed by atoms with van der Waals surface area (Å²) in [5, 5.41) is 11.4. The molecule has 0 spiro atoms. The number of aromatic nitrogens is 1. The molecule has 0 aliphatic heterocycles. The highest BCUT2D eigenvalue weighted by atomic mass is 16.4. The van der Waals surface area contributed by atoms with E-state index in [1.807, 2.05) is 18.2 Å². The highest BCUT2D eigenvalue weighted by Crippen LogP contribution is 2.01. The van der Waals surface area contributed by atoms with Gasteiger partial charge >= 0.3 is 5.97 Å². The van der Waals surface area contributed by atoms with E-state index >= 15 is 0 Å². The van der Waals surface area contributed by atoms with Crippen LogP contribution in [0.4, 0.5) is 0 Å². The molecule has 0 saturated carbocycles. The van der Waals surface area contributed by atoms with Crippen molar-refractivity contribution in [2.24, 2.45) is 5.92 Å². The number of pyridine rings is 1. The van der Waals surface area contributed by atoms with Gasteiger partial charge < -0.3 is 10.4 Å². The van der Waals surface area contributed by atoms with Gasteiger partial charge in [-0.1, -0.05) is 13.0 Å². The molecule has 0 radical (unpaired) electrons. The van der Waals surface area contributed by atoms with E-state index in [4.69, 9.17) is 5.11 Å². The Balaban J connectivity index is 2.17. The summed E-state index contributed by atoms with van der Waals surface area (Å²) in [4.78, 5) is 26.2. The number of hydrogen-bond donors (Lipinski definition) is 2. The largest absolute Gasteiger partial charge is 0.481 e. The Morgan fingerprint density at radius 1 is 1.44 bits per heavy atom. The third-order valence-corrected chi connectivity index (χ3v) is 2.66. The van der Waals surface area contributed by atoms with Crippen molar-refractivity contribution in [3.8, 4) is 0 Å². The Labute approximate surface area is 106 Å². The van der Waals surface area contributed by atoms with E-state index in [0.717, 1.165) is 5.69 Å². The summed E-state index contributed by atoms with van der Waals surface area (Å²) in [6.45, 7) is 2.02. The number of hydrogen-bond acceptors (Lipinski definition) is 3. The number of nitrogens with one attached hydrogen (secondary N) is 1. The van der Waals surface area contributed by atoms with Crippen LogP contribution in [0.2, 0.25) is 0 Å². The molecule has 0 saturated heterocycles. The minimum atomic E-state index is -0.835. The van der Waals surface area contributed by atoms with Gasteiger partial charge in [-0.25, -0.2) is 0 Å². The van der Waals surface area contributed by atoms with Crippen molar-refractivity contribution in [2.45, 2.75) is 26.2 Å². The highest BCUT2D eigenvalue weighted by Gasteiger charge is 2.10. The first-order valence-corrected chi connectivity index (χ1v) is 5.99. The van der Waals surface area contributed by atoms with E-state index in [1.54, 1.807) is 13.1 Å². The van der Waals surface area contributed by atoms with Gasteiger partial charge in [-0.2, -0.15) is 0 Å². The van der Waals surface area contributed by atoms with E-state index in [2.05, 4.69) is 10.3 Å². The Morgan fingerprint density at radius 2 is 2.22 bits per heavy atom. The fraction of sp³-hybridized carbons (Fsp3) is 0.462. The molecular formula is C13H18N2O3. The van der Waals surface area contributed by atoms with Crippen LogP contribution in [0.5, 0.6) is 0 Å². The summed E-state index contributed by atoms with van der Waals surface area (Å²) in [5.74, 6) is -1.34. The Bertz CT molecular complexity index is 392. The molecule has 18 heavy (non-hydrogen) atoms. The lowest BCUT2D eigenvalue weighted by molar-refractivity contribution is -0.141. The molecule has 1 atom stereocenters. The van der Waals surface area contributed by atoms with Crippen molar-refractivity contribution < 1.29 is 14.7 Å². The first kappa shape index (κ1) is 14.2. The van der Waals surface area contributed by atoms with Crippen molar-refractivity contribution in [2.75, 3.05) is 6.54 Å². The minimum Gasteiger partial charge on any atom is -0.481 e. The standard InChI is InChI=1S/C13H18N2O3/c1-10(13(17)18)7-9-15-12(16)6-5-11-4-2-3-8-14-11/h2-4,8,10H,5-7,9H2,1H3,(H,15,16)(H,17,18). The number of rotatable bonds is 7. The van der Waals surface area contributed by atoms with Crippen LogP contribution in [-0.2, 0) is 16.0 Å². The van der Waals surface area contributed by atoms with Crippen LogP contribution in [0.15, 0.2) is 24.4 Å². The zero-order valence-corrected chi connectivity index (χ0v) is 10.4.